The summed E-state index contributed by atoms with van der Waals surface area (Å²) in [6.45, 7) is 0.809. The average Bonchev–Trinajstić information content (AvgIpc) is 3.14. The lowest BCUT2D eigenvalue weighted by Gasteiger charge is -2.13. The first-order valence-corrected chi connectivity index (χ1v) is 10.0. The highest BCUT2D eigenvalue weighted by Gasteiger charge is 2.34. The Labute approximate surface area is 174 Å². The molecule has 160 valence electrons. The van der Waals surface area contributed by atoms with Gasteiger partial charge in [0.1, 0.15) is 6.54 Å². The molecule has 0 bridgehead atoms. The maximum atomic E-state index is 12.3. The second-order valence-electron chi connectivity index (χ2n) is 6.73. The number of nitrogens with zero attached hydrogens (tertiary/aromatic N) is 3. The van der Waals surface area contributed by atoms with Gasteiger partial charge in [-0.15, -0.1) is 11.3 Å². The predicted molar refractivity (Wildman–Crippen MR) is 108 cm³/mol. The highest BCUT2D eigenvalue weighted by atomic mass is 32.1. The number of unbranched alkanes of at least 4 members (excludes halogenated alkanes) is 1. The van der Waals surface area contributed by atoms with E-state index in [2.05, 4.69) is 15.3 Å². The Morgan fingerprint density at radius 2 is 1.83 bits per heavy atom. The molecule has 0 atom stereocenters. The minimum atomic E-state index is -4.42. The SMILES string of the molecule is Cc1sc(NC(N)=NCC(F)(F)F)nc1CCCCN1C(=O)c2ccccc2C1=O. The molecule has 1 aromatic heterocycles. The number of alkyl halides is 3. The summed E-state index contributed by atoms with van der Waals surface area (Å²) in [5, 5.41) is 2.94. The first-order valence-electron chi connectivity index (χ1n) is 9.21. The van der Waals surface area contributed by atoms with Crippen LogP contribution in [0.3, 0.4) is 0 Å². The van der Waals surface area contributed by atoms with Gasteiger partial charge in [-0.1, -0.05) is 12.1 Å². The summed E-state index contributed by atoms with van der Waals surface area (Å²) < 4.78 is 36.6. The molecule has 11 heteroatoms. The van der Waals surface area contributed by atoms with Crippen LogP contribution in [0.2, 0.25) is 0 Å². The number of thiazole rings is 1. The Balaban J connectivity index is 1.49. The van der Waals surface area contributed by atoms with Crippen molar-refractivity contribution in [3.8, 4) is 0 Å². The summed E-state index contributed by atoms with van der Waals surface area (Å²) in [5.74, 6) is -0.903. The van der Waals surface area contributed by atoms with Crippen molar-refractivity contribution < 1.29 is 22.8 Å². The zero-order valence-corrected chi connectivity index (χ0v) is 16.9. The number of aryl methyl sites for hydroxylation is 2. The van der Waals surface area contributed by atoms with Crippen LogP contribution in [0.4, 0.5) is 18.3 Å². The van der Waals surface area contributed by atoms with Gasteiger partial charge in [0.25, 0.3) is 11.8 Å². The number of hydrogen-bond donors (Lipinski definition) is 2. The third-order valence-electron chi connectivity index (χ3n) is 4.48. The van der Waals surface area contributed by atoms with Crippen LogP contribution in [0.1, 0.15) is 44.1 Å². The predicted octanol–water partition coefficient (Wildman–Crippen LogP) is 3.36. The zero-order valence-electron chi connectivity index (χ0n) is 16.1. The van der Waals surface area contributed by atoms with Gasteiger partial charge in [0.05, 0.1) is 16.8 Å². The molecule has 0 spiro atoms. The van der Waals surface area contributed by atoms with Crippen molar-refractivity contribution in [1.29, 1.82) is 0 Å². The number of benzene rings is 1. The van der Waals surface area contributed by atoms with Crippen molar-refractivity contribution in [2.24, 2.45) is 10.7 Å². The van der Waals surface area contributed by atoms with E-state index in [9.17, 15) is 22.8 Å². The molecule has 0 radical (unpaired) electrons. The molecule has 30 heavy (non-hydrogen) atoms. The minimum absolute atomic E-state index is 0.277. The smallest absolute Gasteiger partial charge is 0.370 e. The van der Waals surface area contributed by atoms with Gasteiger partial charge in [0, 0.05) is 11.4 Å². The molecule has 0 unspecified atom stereocenters. The Morgan fingerprint density at radius 1 is 1.20 bits per heavy atom. The van der Waals surface area contributed by atoms with Crippen LogP contribution in [0.15, 0.2) is 29.3 Å². The van der Waals surface area contributed by atoms with Crippen LogP contribution in [0.25, 0.3) is 0 Å². The van der Waals surface area contributed by atoms with E-state index in [0.29, 0.717) is 42.1 Å². The molecule has 1 aliphatic heterocycles. The monoisotopic (exact) mass is 439 g/mol. The summed E-state index contributed by atoms with van der Waals surface area (Å²) in [4.78, 5) is 34.4. The van der Waals surface area contributed by atoms with Crippen LogP contribution in [0, 0.1) is 6.92 Å². The Hall–Kier alpha value is -2.95. The number of carbonyl (C=O) groups excluding carboxylic acids is 2. The van der Waals surface area contributed by atoms with E-state index >= 15 is 0 Å². The molecule has 1 aliphatic rings. The second-order valence-corrected chi connectivity index (χ2v) is 7.93. The maximum Gasteiger partial charge on any atom is 0.408 e. The third kappa shape index (κ3) is 5.15. The molecule has 0 saturated carbocycles. The van der Waals surface area contributed by atoms with Gasteiger partial charge >= 0.3 is 6.18 Å². The molecular weight excluding hydrogens is 419 g/mol. The normalized spacial score (nSPS) is 14.4. The second kappa shape index (κ2) is 8.82. The molecule has 0 fully saturated rings. The summed E-state index contributed by atoms with van der Waals surface area (Å²) >= 11 is 1.27. The van der Waals surface area contributed by atoms with E-state index < -0.39 is 12.7 Å². The summed E-state index contributed by atoms with van der Waals surface area (Å²) in [6.07, 6.45) is -2.52. The minimum Gasteiger partial charge on any atom is -0.370 e. The number of guanidine groups is 1. The summed E-state index contributed by atoms with van der Waals surface area (Å²) in [5.41, 5.74) is 7.11. The van der Waals surface area contributed by atoms with Gasteiger partial charge in [-0.2, -0.15) is 13.2 Å². The van der Waals surface area contributed by atoms with Crippen LogP contribution in [-0.4, -0.2) is 46.9 Å². The topological polar surface area (TPSA) is 101 Å². The Kier molecular flexibility index (Phi) is 6.40. The van der Waals surface area contributed by atoms with Gasteiger partial charge in [-0.05, 0) is 38.3 Å². The number of anilines is 1. The van der Waals surface area contributed by atoms with Crippen molar-refractivity contribution in [3.05, 3.63) is 46.0 Å². The van der Waals surface area contributed by atoms with Gasteiger partial charge in [-0.3, -0.25) is 14.5 Å². The van der Waals surface area contributed by atoms with E-state index in [4.69, 9.17) is 5.73 Å². The first kappa shape index (κ1) is 21.8. The fraction of sp³-hybridized carbons (Fsp3) is 0.368. The average molecular weight is 439 g/mol. The number of carbonyl (C=O) groups is 2. The van der Waals surface area contributed by atoms with Gasteiger partial charge in [0.15, 0.2) is 11.1 Å². The van der Waals surface area contributed by atoms with Gasteiger partial charge < -0.3 is 11.1 Å². The molecule has 0 aliphatic carbocycles. The lowest BCUT2D eigenvalue weighted by atomic mass is 10.1. The van der Waals surface area contributed by atoms with Crippen LogP contribution in [-0.2, 0) is 6.42 Å². The molecular formula is C19H20F3N5O2S. The van der Waals surface area contributed by atoms with Crippen molar-refractivity contribution in [1.82, 2.24) is 9.88 Å². The lowest BCUT2D eigenvalue weighted by molar-refractivity contribution is -0.118. The first-order chi connectivity index (χ1) is 14.2. The van der Waals surface area contributed by atoms with Crippen molar-refractivity contribution in [2.75, 3.05) is 18.4 Å². The van der Waals surface area contributed by atoms with E-state index in [1.54, 1.807) is 24.3 Å². The van der Waals surface area contributed by atoms with Crippen molar-refractivity contribution >= 4 is 34.2 Å². The number of rotatable bonds is 7. The number of halogens is 3. The zero-order chi connectivity index (χ0) is 21.9. The van der Waals surface area contributed by atoms with Crippen LogP contribution >= 0.6 is 11.3 Å². The molecule has 3 N–H and O–H groups in total. The summed E-state index contributed by atoms with van der Waals surface area (Å²) in [6, 6.07) is 6.74. The summed E-state index contributed by atoms with van der Waals surface area (Å²) in [7, 11) is 0. The van der Waals surface area contributed by atoms with E-state index in [1.165, 1.54) is 16.2 Å². The van der Waals surface area contributed by atoms with E-state index in [0.717, 1.165) is 10.6 Å². The van der Waals surface area contributed by atoms with Crippen LogP contribution in [0.5, 0.6) is 0 Å². The Morgan fingerprint density at radius 3 is 2.43 bits per heavy atom. The molecule has 2 aromatic rings. The fourth-order valence-electron chi connectivity index (χ4n) is 3.04. The van der Waals surface area contributed by atoms with Gasteiger partial charge in [-0.25, -0.2) is 9.98 Å². The van der Waals surface area contributed by atoms with Gasteiger partial charge in [0.2, 0.25) is 0 Å². The molecule has 2 heterocycles. The Bertz CT molecular complexity index is 952. The van der Waals surface area contributed by atoms with Crippen molar-refractivity contribution in [3.63, 3.8) is 0 Å². The molecule has 2 amide bonds. The van der Waals surface area contributed by atoms with E-state index in [-0.39, 0.29) is 17.8 Å². The molecule has 0 saturated heterocycles. The standard InChI is InChI=1S/C19H20F3N5O2S/c1-11-14(25-18(30-11)26-17(23)24-10-19(20,21)22)8-4-5-9-27-15(28)12-6-2-3-7-13(12)16(27)29/h2-3,6-7H,4-5,8-10H2,1H3,(H3,23,24,25,26). The third-order valence-corrected chi connectivity index (χ3v) is 5.41. The number of hydrogen-bond acceptors (Lipinski definition) is 5. The number of imide groups is 1. The van der Waals surface area contributed by atoms with E-state index in [1.807, 2.05) is 6.92 Å². The molecule has 1 aromatic carbocycles. The molecule has 7 nitrogen and oxygen atoms in total. The quantitative estimate of drug-likeness (QED) is 0.298. The number of amides is 2. The number of nitrogens with one attached hydrogen (secondary N) is 1. The van der Waals surface area contributed by atoms with Crippen LogP contribution < -0.4 is 11.1 Å². The number of nitrogens with two attached hydrogens (primary N) is 1. The maximum absolute atomic E-state index is 12.3. The largest absolute Gasteiger partial charge is 0.408 e. The molecule has 3 rings (SSSR count). The fourth-order valence-corrected chi connectivity index (χ4v) is 3.91. The van der Waals surface area contributed by atoms with Crippen molar-refractivity contribution in [2.45, 2.75) is 32.4 Å². The number of aliphatic imine (C=N–C) groups is 1. The number of aromatic nitrogens is 1. The highest BCUT2D eigenvalue weighted by molar-refractivity contribution is 7.15. The highest BCUT2D eigenvalue weighted by Crippen LogP contribution is 2.25. The lowest BCUT2D eigenvalue weighted by Crippen LogP contribution is -2.30. The number of fused-ring (bicyclic) bond motifs is 1.